The third-order valence-corrected chi connectivity index (χ3v) is 3.97. The maximum Gasteiger partial charge on any atom is 0.226 e. The van der Waals surface area contributed by atoms with Crippen LogP contribution < -0.4 is 0 Å². The minimum Gasteiger partial charge on any atom is -0.388 e. The number of likely N-dealkylation sites (tertiary alicyclic amines) is 1. The predicted molar refractivity (Wildman–Crippen MR) is 65.9 cm³/mol. The van der Waals surface area contributed by atoms with E-state index in [1.807, 2.05) is 12.1 Å². The van der Waals surface area contributed by atoms with E-state index in [1.54, 1.807) is 4.90 Å². The Kier molecular flexibility index (Phi) is 2.84. The number of aliphatic hydroxyl groups excluding tert-OH is 2. The van der Waals surface area contributed by atoms with E-state index in [-0.39, 0.29) is 24.9 Å². The first kappa shape index (κ1) is 11.7. The maximum absolute atomic E-state index is 12.3. The molecule has 1 aliphatic heterocycles. The van der Waals surface area contributed by atoms with E-state index in [2.05, 4.69) is 12.1 Å². The number of benzene rings is 1. The molecule has 2 N–H and O–H groups in total. The summed E-state index contributed by atoms with van der Waals surface area (Å²) in [4.78, 5) is 13.9. The molecule has 1 fully saturated rings. The van der Waals surface area contributed by atoms with Crippen LogP contribution in [0.2, 0.25) is 0 Å². The molecule has 3 rings (SSSR count). The second kappa shape index (κ2) is 4.37. The summed E-state index contributed by atoms with van der Waals surface area (Å²) in [6, 6.07) is 8.12. The smallest absolute Gasteiger partial charge is 0.226 e. The first-order valence-corrected chi connectivity index (χ1v) is 6.37. The third kappa shape index (κ3) is 1.91. The highest BCUT2D eigenvalue weighted by Crippen LogP contribution is 2.28. The van der Waals surface area contributed by atoms with E-state index in [9.17, 15) is 15.0 Å². The number of β-amino-alcohol motifs (C(OH)–C–C–N with tert-alkyl or cyclic N) is 2. The Hall–Kier alpha value is -1.39. The predicted octanol–water partition coefficient (Wildman–Crippen LogP) is -0.0346. The van der Waals surface area contributed by atoms with Gasteiger partial charge in [-0.3, -0.25) is 4.79 Å². The molecule has 0 spiro atoms. The number of nitrogens with zero attached hydrogens (tertiary/aromatic N) is 1. The molecule has 0 saturated carbocycles. The second-order valence-electron chi connectivity index (χ2n) is 5.25. The molecule has 1 aromatic rings. The summed E-state index contributed by atoms with van der Waals surface area (Å²) in [5.41, 5.74) is 2.49. The van der Waals surface area contributed by atoms with Crippen molar-refractivity contribution in [2.45, 2.75) is 25.0 Å². The average molecular weight is 247 g/mol. The number of hydrogen-bond acceptors (Lipinski definition) is 3. The number of aliphatic hydroxyl groups is 2. The van der Waals surface area contributed by atoms with Gasteiger partial charge in [0.25, 0.3) is 0 Å². The normalized spacial score (nSPS) is 27.6. The Morgan fingerprint density at radius 2 is 1.56 bits per heavy atom. The molecule has 0 radical (unpaired) electrons. The monoisotopic (exact) mass is 247 g/mol. The fourth-order valence-electron chi connectivity index (χ4n) is 2.94. The van der Waals surface area contributed by atoms with Crippen LogP contribution in [0.15, 0.2) is 24.3 Å². The molecule has 0 unspecified atom stereocenters. The van der Waals surface area contributed by atoms with Crippen LogP contribution in [0, 0.1) is 5.92 Å². The highest BCUT2D eigenvalue weighted by molar-refractivity contribution is 5.81. The topological polar surface area (TPSA) is 60.8 Å². The lowest BCUT2D eigenvalue weighted by atomic mass is 10.1. The number of hydrogen-bond donors (Lipinski definition) is 2. The Morgan fingerprint density at radius 1 is 1.06 bits per heavy atom. The Labute approximate surface area is 106 Å². The number of carbonyl (C=O) groups is 1. The molecule has 96 valence electrons. The largest absolute Gasteiger partial charge is 0.388 e. The quantitative estimate of drug-likeness (QED) is 0.732. The van der Waals surface area contributed by atoms with Crippen molar-refractivity contribution in [2.75, 3.05) is 13.1 Å². The lowest BCUT2D eigenvalue weighted by Gasteiger charge is -2.19. The molecule has 1 amide bonds. The van der Waals surface area contributed by atoms with Gasteiger partial charge in [-0.25, -0.2) is 0 Å². The summed E-state index contributed by atoms with van der Waals surface area (Å²) in [6.07, 6.45) is -0.0366. The van der Waals surface area contributed by atoms with E-state index in [4.69, 9.17) is 0 Å². The zero-order valence-electron chi connectivity index (χ0n) is 10.1. The number of rotatable bonds is 1. The molecule has 2 atom stereocenters. The fraction of sp³-hybridized carbons (Fsp3) is 0.500. The molecular formula is C14H17NO3. The van der Waals surface area contributed by atoms with Gasteiger partial charge in [-0.2, -0.15) is 0 Å². The average Bonchev–Trinajstić information content (AvgIpc) is 2.93. The van der Waals surface area contributed by atoms with E-state index >= 15 is 0 Å². The molecule has 18 heavy (non-hydrogen) atoms. The molecule has 0 bridgehead atoms. The number of carbonyl (C=O) groups excluding carboxylic acids is 1. The number of amides is 1. The molecule has 4 heteroatoms. The van der Waals surface area contributed by atoms with Crippen LogP contribution in [0.1, 0.15) is 11.1 Å². The first-order valence-electron chi connectivity index (χ1n) is 6.37. The zero-order valence-corrected chi connectivity index (χ0v) is 10.1. The molecule has 1 heterocycles. The van der Waals surface area contributed by atoms with E-state index in [1.165, 1.54) is 11.1 Å². The SMILES string of the molecule is O=C(C1Cc2ccccc2C1)N1C[C@@H](O)[C@@H](O)C1. The molecule has 2 aliphatic rings. The van der Waals surface area contributed by atoms with Gasteiger partial charge in [0, 0.05) is 19.0 Å². The van der Waals surface area contributed by atoms with Crippen molar-refractivity contribution >= 4 is 5.91 Å². The summed E-state index contributed by atoms with van der Waals surface area (Å²) in [6.45, 7) is 0.514. The van der Waals surface area contributed by atoms with Crippen LogP contribution in [-0.2, 0) is 17.6 Å². The minimum absolute atomic E-state index is 0.0279. The standard InChI is InChI=1S/C14H17NO3/c16-12-7-15(8-13(12)17)14(18)11-5-9-3-1-2-4-10(9)6-11/h1-4,11-13,16-17H,5-8H2/t12-,13+. The van der Waals surface area contributed by atoms with Crippen molar-refractivity contribution in [3.63, 3.8) is 0 Å². The second-order valence-corrected chi connectivity index (χ2v) is 5.25. The van der Waals surface area contributed by atoms with Crippen molar-refractivity contribution in [3.05, 3.63) is 35.4 Å². The highest BCUT2D eigenvalue weighted by Gasteiger charge is 2.37. The Balaban J connectivity index is 1.70. The van der Waals surface area contributed by atoms with Crippen LogP contribution in [-0.4, -0.2) is 46.3 Å². The minimum atomic E-state index is -0.794. The van der Waals surface area contributed by atoms with Crippen LogP contribution in [0.25, 0.3) is 0 Å². The van der Waals surface area contributed by atoms with Gasteiger partial charge in [-0.15, -0.1) is 0 Å². The number of fused-ring (bicyclic) bond motifs is 1. The van der Waals surface area contributed by atoms with Crippen molar-refractivity contribution < 1.29 is 15.0 Å². The van der Waals surface area contributed by atoms with Crippen molar-refractivity contribution in [1.82, 2.24) is 4.90 Å². The van der Waals surface area contributed by atoms with Crippen molar-refractivity contribution in [1.29, 1.82) is 0 Å². The van der Waals surface area contributed by atoms with Crippen LogP contribution in [0.4, 0.5) is 0 Å². The summed E-state index contributed by atoms with van der Waals surface area (Å²) >= 11 is 0. The van der Waals surface area contributed by atoms with E-state index in [0.29, 0.717) is 0 Å². The third-order valence-electron chi connectivity index (χ3n) is 3.97. The summed E-state index contributed by atoms with van der Waals surface area (Å²) in [7, 11) is 0. The molecule has 1 aromatic carbocycles. The molecular weight excluding hydrogens is 230 g/mol. The van der Waals surface area contributed by atoms with E-state index < -0.39 is 12.2 Å². The van der Waals surface area contributed by atoms with Gasteiger partial charge >= 0.3 is 0 Å². The highest BCUT2D eigenvalue weighted by atomic mass is 16.3. The lowest BCUT2D eigenvalue weighted by Crippen LogP contribution is -2.35. The Morgan fingerprint density at radius 3 is 2.06 bits per heavy atom. The van der Waals surface area contributed by atoms with Crippen LogP contribution >= 0.6 is 0 Å². The maximum atomic E-state index is 12.3. The summed E-state index contributed by atoms with van der Waals surface area (Å²) < 4.78 is 0. The van der Waals surface area contributed by atoms with Gasteiger partial charge in [0.1, 0.15) is 0 Å². The van der Waals surface area contributed by atoms with Crippen molar-refractivity contribution in [3.8, 4) is 0 Å². The van der Waals surface area contributed by atoms with Gasteiger partial charge in [0.15, 0.2) is 0 Å². The van der Waals surface area contributed by atoms with E-state index in [0.717, 1.165) is 12.8 Å². The zero-order chi connectivity index (χ0) is 12.7. The van der Waals surface area contributed by atoms with Crippen molar-refractivity contribution in [2.24, 2.45) is 5.92 Å². The van der Waals surface area contributed by atoms with Crippen LogP contribution in [0.5, 0.6) is 0 Å². The summed E-state index contributed by atoms with van der Waals surface area (Å²) in [5.74, 6) is 0.0294. The van der Waals surface area contributed by atoms with Crippen LogP contribution in [0.3, 0.4) is 0 Å². The van der Waals surface area contributed by atoms with Gasteiger partial charge in [0.05, 0.1) is 12.2 Å². The van der Waals surface area contributed by atoms with Gasteiger partial charge in [-0.05, 0) is 24.0 Å². The molecule has 1 saturated heterocycles. The van der Waals surface area contributed by atoms with Gasteiger partial charge in [-0.1, -0.05) is 24.3 Å². The first-order chi connectivity index (χ1) is 8.65. The summed E-state index contributed by atoms with van der Waals surface area (Å²) in [5, 5.41) is 19.0. The fourth-order valence-corrected chi connectivity index (χ4v) is 2.94. The molecule has 0 aromatic heterocycles. The molecule has 4 nitrogen and oxygen atoms in total. The Bertz CT molecular complexity index is 439. The lowest BCUT2D eigenvalue weighted by molar-refractivity contribution is -0.134. The van der Waals surface area contributed by atoms with Gasteiger partial charge < -0.3 is 15.1 Å². The van der Waals surface area contributed by atoms with Gasteiger partial charge in [0.2, 0.25) is 5.91 Å². The molecule has 1 aliphatic carbocycles.